The van der Waals surface area contributed by atoms with Gasteiger partial charge in [0, 0.05) is 30.5 Å². The van der Waals surface area contributed by atoms with Crippen LogP contribution in [0.25, 0.3) is 0 Å². The summed E-state index contributed by atoms with van der Waals surface area (Å²) in [4.78, 5) is 30.9. The SMILES string of the molecule is CCOC(=O)c1ccc(NC(=O)c2ccnc(N3CCC(C)CC3)c2)cc1. The van der Waals surface area contributed by atoms with Gasteiger partial charge in [-0.05, 0) is 62.1 Å². The van der Waals surface area contributed by atoms with E-state index in [0.717, 1.165) is 37.7 Å². The standard InChI is InChI=1S/C21H25N3O3/c1-3-27-21(26)16-4-6-18(7-5-16)23-20(25)17-8-11-22-19(14-17)24-12-9-15(2)10-13-24/h4-8,11,14-15H,3,9-10,12-13H2,1-2H3,(H,23,25). The summed E-state index contributed by atoms with van der Waals surface area (Å²) < 4.78 is 4.96. The van der Waals surface area contributed by atoms with Gasteiger partial charge in [-0.2, -0.15) is 0 Å². The van der Waals surface area contributed by atoms with Gasteiger partial charge in [0.1, 0.15) is 5.82 Å². The summed E-state index contributed by atoms with van der Waals surface area (Å²) in [5.41, 5.74) is 1.65. The molecule has 27 heavy (non-hydrogen) atoms. The molecule has 2 aromatic rings. The lowest BCUT2D eigenvalue weighted by molar-refractivity contribution is 0.0526. The van der Waals surface area contributed by atoms with Crippen LogP contribution in [-0.4, -0.2) is 36.6 Å². The molecule has 0 saturated carbocycles. The first-order chi connectivity index (χ1) is 13.1. The smallest absolute Gasteiger partial charge is 0.338 e. The number of benzene rings is 1. The Hall–Kier alpha value is -2.89. The zero-order chi connectivity index (χ0) is 19.2. The quantitative estimate of drug-likeness (QED) is 0.815. The van der Waals surface area contributed by atoms with Crippen molar-refractivity contribution in [1.82, 2.24) is 4.98 Å². The third-order valence-electron chi connectivity index (χ3n) is 4.77. The third kappa shape index (κ3) is 4.84. The minimum absolute atomic E-state index is 0.201. The maximum Gasteiger partial charge on any atom is 0.338 e. The first-order valence-electron chi connectivity index (χ1n) is 9.36. The third-order valence-corrected chi connectivity index (χ3v) is 4.77. The van der Waals surface area contributed by atoms with Crippen molar-refractivity contribution < 1.29 is 14.3 Å². The molecule has 0 bridgehead atoms. The van der Waals surface area contributed by atoms with Gasteiger partial charge in [-0.3, -0.25) is 4.79 Å². The van der Waals surface area contributed by atoms with E-state index in [0.29, 0.717) is 23.4 Å². The molecule has 0 aliphatic carbocycles. The lowest BCUT2D eigenvalue weighted by Gasteiger charge is -2.31. The second-order valence-corrected chi connectivity index (χ2v) is 6.82. The number of pyridine rings is 1. The molecule has 6 heteroatoms. The van der Waals surface area contributed by atoms with Crippen LogP contribution in [0.1, 0.15) is 47.4 Å². The maximum atomic E-state index is 12.6. The molecule has 1 aliphatic heterocycles. The number of nitrogens with zero attached hydrogens (tertiary/aromatic N) is 2. The number of hydrogen-bond acceptors (Lipinski definition) is 5. The molecule has 1 amide bonds. The maximum absolute atomic E-state index is 12.6. The molecule has 0 radical (unpaired) electrons. The molecule has 3 rings (SSSR count). The fraction of sp³-hybridized carbons (Fsp3) is 0.381. The first kappa shape index (κ1) is 18.9. The van der Waals surface area contributed by atoms with Crippen LogP contribution < -0.4 is 10.2 Å². The van der Waals surface area contributed by atoms with Crippen LogP contribution >= 0.6 is 0 Å². The van der Waals surface area contributed by atoms with Gasteiger partial charge in [-0.25, -0.2) is 9.78 Å². The Morgan fingerprint density at radius 2 is 1.85 bits per heavy atom. The molecule has 0 atom stereocenters. The average molecular weight is 367 g/mol. The zero-order valence-corrected chi connectivity index (χ0v) is 15.8. The van der Waals surface area contributed by atoms with Crippen LogP contribution in [0.5, 0.6) is 0 Å². The monoisotopic (exact) mass is 367 g/mol. The molecule has 1 saturated heterocycles. The van der Waals surface area contributed by atoms with Crippen LogP contribution in [0.2, 0.25) is 0 Å². The van der Waals surface area contributed by atoms with Crippen molar-refractivity contribution >= 4 is 23.4 Å². The number of anilines is 2. The van der Waals surface area contributed by atoms with Crippen LogP contribution in [0.4, 0.5) is 11.5 Å². The van der Waals surface area contributed by atoms with E-state index in [9.17, 15) is 9.59 Å². The topological polar surface area (TPSA) is 71.5 Å². The number of amides is 1. The number of piperidine rings is 1. The van der Waals surface area contributed by atoms with Gasteiger partial charge in [-0.1, -0.05) is 6.92 Å². The van der Waals surface area contributed by atoms with Gasteiger partial charge in [0.05, 0.1) is 12.2 Å². The molecule has 1 N–H and O–H groups in total. The van der Waals surface area contributed by atoms with Crippen LogP contribution in [-0.2, 0) is 4.74 Å². The van der Waals surface area contributed by atoms with Gasteiger partial charge in [0.15, 0.2) is 0 Å². The van der Waals surface area contributed by atoms with Gasteiger partial charge in [-0.15, -0.1) is 0 Å². The molecule has 1 fully saturated rings. The van der Waals surface area contributed by atoms with E-state index in [2.05, 4.69) is 22.1 Å². The highest BCUT2D eigenvalue weighted by Crippen LogP contribution is 2.22. The number of hydrogen-bond donors (Lipinski definition) is 1. The molecule has 2 heterocycles. The van der Waals surface area contributed by atoms with Crippen molar-refractivity contribution in [2.24, 2.45) is 5.92 Å². The highest BCUT2D eigenvalue weighted by atomic mass is 16.5. The van der Waals surface area contributed by atoms with Gasteiger partial charge in [0.2, 0.25) is 0 Å². The van der Waals surface area contributed by atoms with Crippen molar-refractivity contribution in [3.05, 3.63) is 53.7 Å². The minimum atomic E-state index is -0.370. The van der Waals surface area contributed by atoms with Crippen molar-refractivity contribution in [1.29, 1.82) is 0 Å². The lowest BCUT2D eigenvalue weighted by Crippen LogP contribution is -2.33. The fourth-order valence-electron chi connectivity index (χ4n) is 3.08. The first-order valence-corrected chi connectivity index (χ1v) is 9.36. The lowest BCUT2D eigenvalue weighted by atomic mass is 9.99. The predicted molar refractivity (Wildman–Crippen MR) is 105 cm³/mol. The number of aromatic nitrogens is 1. The Morgan fingerprint density at radius 3 is 2.52 bits per heavy atom. The molecule has 1 aliphatic rings. The molecular weight excluding hydrogens is 342 g/mol. The summed E-state index contributed by atoms with van der Waals surface area (Å²) in [5.74, 6) is 1.01. The summed E-state index contributed by atoms with van der Waals surface area (Å²) in [5, 5.41) is 2.86. The minimum Gasteiger partial charge on any atom is -0.462 e. The van der Waals surface area contributed by atoms with E-state index in [1.807, 2.05) is 6.07 Å². The Bertz CT molecular complexity index is 797. The Balaban J connectivity index is 1.66. The number of carbonyl (C=O) groups is 2. The summed E-state index contributed by atoms with van der Waals surface area (Å²) in [7, 11) is 0. The van der Waals surface area contributed by atoms with Crippen LogP contribution in [0.15, 0.2) is 42.6 Å². The number of esters is 1. The molecule has 142 valence electrons. The molecule has 0 unspecified atom stereocenters. The van der Waals surface area contributed by atoms with E-state index >= 15 is 0 Å². The van der Waals surface area contributed by atoms with Gasteiger partial charge >= 0.3 is 5.97 Å². The highest BCUT2D eigenvalue weighted by Gasteiger charge is 2.18. The Labute approximate surface area is 159 Å². The van der Waals surface area contributed by atoms with E-state index in [1.54, 1.807) is 43.5 Å². The van der Waals surface area contributed by atoms with Crippen molar-refractivity contribution in [3.63, 3.8) is 0 Å². The summed E-state index contributed by atoms with van der Waals surface area (Å²) >= 11 is 0. The zero-order valence-electron chi connectivity index (χ0n) is 15.8. The Kier molecular flexibility index (Phi) is 6.06. The second-order valence-electron chi connectivity index (χ2n) is 6.82. The van der Waals surface area contributed by atoms with Crippen molar-refractivity contribution in [3.8, 4) is 0 Å². The van der Waals surface area contributed by atoms with E-state index in [-0.39, 0.29) is 11.9 Å². The second kappa shape index (κ2) is 8.66. The largest absolute Gasteiger partial charge is 0.462 e. The normalized spacial score (nSPS) is 14.7. The molecular formula is C21H25N3O3. The van der Waals surface area contributed by atoms with Crippen molar-refractivity contribution in [2.75, 3.05) is 29.9 Å². The number of nitrogens with one attached hydrogen (secondary N) is 1. The van der Waals surface area contributed by atoms with Crippen LogP contribution in [0, 0.1) is 5.92 Å². The van der Waals surface area contributed by atoms with E-state index in [4.69, 9.17) is 4.74 Å². The number of ether oxygens (including phenoxy) is 1. The van der Waals surface area contributed by atoms with E-state index in [1.165, 1.54) is 0 Å². The highest BCUT2D eigenvalue weighted by molar-refractivity contribution is 6.04. The molecule has 1 aromatic heterocycles. The average Bonchev–Trinajstić information content (AvgIpc) is 2.69. The van der Waals surface area contributed by atoms with Crippen molar-refractivity contribution in [2.45, 2.75) is 26.7 Å². The number of rotatable bonds is 5. The van der Waals surface area contributed by atoms with Crippen LogP contribution in [0.3, 0.4) is 0 Å². The predicted octanol–water partition coefficient (Wildman–Crippen LogP) is 3.75. The molecule has 1 aromatic carbocycles. The van der Waals surface area contributed by atoms with Gasteiger partial charge < -0.3 is 15.0 Å². The molecule has 6 nitrogen and oxygen atoms in total. The fourth-order valence-corrected chi connectivity index (χ4v) is 3.08. The molecule has 0 spiro atoms. The van der Waals surface area contributed by atoms with E-state index < -0.39 is 0 Å². The summed E-state index contributed by atoms with van der Waals surface area (Å²) in [6, 6.07) is 10.2. The van der Waals surface area contributed by atoms with Gasteiger partial charge in [0.25, 0.3) is 5.91 Å². The summed E-state index contributed by atoms with van der Waals surface area (Å²) in [6.45, 7) is 6.29. The Morgan fingerprint density at radius 1 is 1.15 bits per heavy atom. The number of carbonyl (C=O) groups excluding carboxylic acids is 2. The summed E-state index contributed by atoms with van der Waals surface area (Å²) in [6.07, 6.45) is 3.96.